The van der Waals surface area contributed by atoms with Crippen LogP contribution in [-0.2, 0) is 9.63 Å². The first-order chi connectivity index (χ1) is 17.3. The van der Waals surface area contributed by atoms with Crippen molar-refractivity contribution >= 4 is 17.4 Å². The Morgan fingerprint density at radius 3 is 1.77 bits per heavy atom. The van der Waals surface area contributed by atoms with Gasteiger partial charge in [-0.05, 0) is 23.1 Å². The van der Waals surface area contributed by atoms with Gasteiger partial charge in [-0.25, -0.2) is 4.79 Å². The topological polar surface area (TPSA) is 51.0 Å². The minimum Gasteiger partial charge on any atom is -0.317 e. The molecule has 3 atom stereocenters. The lowest BCUT2D eigenvalue weighted by atomic mass is 9.58. The molecule has 0 radical (unpaired) electrons. The highest BCUT2D eigenvalue weighted by atomic mass is 16.7. The molecule has 170 valence electrons. The first-order valence-electron chi connectivity index (χ1n) is 11.9. The summed E-state index contributed by atoms with van der Waals surface area (Å²) >= 11 is 0. The second kappa shape index (κ2) is 8.80. The van der Waals surface area contributed by atoms with E-state index < -0.39 is 11.5 Å². The fraction of sp³-hybridized carbons (Fsp3) is 0.129. The first kappa shape index (κ1) is 21.2. The van der Waals surface area contributed by atoms with E-state index in [4.69, 9.17) is 9.83 Å². The van der Waals surface area contributed by atoms with Gasteiger partial charge in [0.15, 0.2) is 0 Å². The van der Waals surface area contributed by atoms with Gasteiger partial charge in [0.1, 0.15) is 11.1 Å². The molecule has 0 saturated carbocycles. The lowest BCUT2D eigenvalue weighted by molar-refractivity contribution is -0.150. The molecule has 6 rings (SSSR count). The number of hydrogen-bond acceptors (Lipinski definition) is 4. The molecule has 4 aromatic carbocycles. The lowest BCUT2D eigenvalue weighted by Crippen LogP contribution is -2.49. The van der Waals surface area contributed by atoms with Gasteiger partial charge in [-0.15, -0.1) is 0 Å². The summed E-state index contributed by atoms with van der Waals surface area (Å²) in [4.78, 5) is 24.8. The number of carbonyl (C=O) groups excluding carboxylic acids is 1. The molecule has 4 heteroatoms. The van der Waals surface area contributed by atoms with Crippen LogP contribution >= 0.6 is 0 Å². The summed E-state index contributed by atoms with van der Waals surface area (Å²) < 4.78 is 0. The van der Waals surface area contributed by atoms with E-state index >= 15 is 0 Å². The van der Waals surface area contributed by atoms with Crippen LogP contribution in [0, 0.1) is 5.41 Å². The number of hydrogen-bond donors (Lipinski definition) is 0. The third-order valence-corrected chi connectivity index (χ3v) is 7.08. The Bertz CT molecular complexity index is 1400. The van der Waals surface area contributed by atoms with Gasteiger partial charge in [-0.3, -0.25) is 4.99 Å². The van der Waals surface area contributed by atoms with Gasteiger partial charge >= 0.3 is 5.97 Å². The molecule has 0 aromatic heterocycles. The second-order valence-corrected chi connectivity index (χ2v) is 8.98. The van der Waals surface area contributed by atoms with Gasteiger partial charge in [-0.2, -0.15) is 0 Å². The number of rotatable bonds is 4. The van der Waals surface area contributed by atoms with E-state index in [0.29, 0.717) is 12.1 Å². The maximum Gasteiger partial charge on any atom is 0.350 e. The van der Waals surface area contributed by atoms with Crippen LogP contribution in [0.2, 0.25) is 0 Å². The van der Waals surface area contributed by atoms with Gasteiger partial charge in [0.2, 0.25) is 0 Å². The van der Waals surface area contributed by atoms with E-state index in [1.165, 1.54) is 0 Å². The SMILES string of the molecule is O=C1ON=C(c2ccccc2)[C@@]12[C@@H](c1ccccc1)CC(c1ccccc1)=N[C@H]2c1ccccc1. The van der Waals surface area contributed by atoms with E-state index in [1.54, 1.807) is 0 Å². The Kier molecular flexibility index (Phi) is 5.34. The molecule has 2 aliphatic heterocycles. The summed E-state index contributed by atoms with van der Waals surface area (Å²) in [6, 6.07) is 39.9. The second-order valence-electron chi connectivity index (χ2n) is 8.98. The number of nitrogens with zero attached hydrogens (tertiary/aromatic N) is 2. The Morgan fingerprint density at radius 1 is 0.657 bits per heavy atom. The average molecular weight is 457 g/mol. The fourth-order valence-corrected chi connectivity index (χ4v) is 5.49. The largest absolute Gasteiger partial charge is 0.350 e. The van der Waals surface area contributed by atoms with Crippen LogP contribution in [0.1, 0.15) is 40.6 Å². The van der Waals surface area contributed by atoms with Gasteiger partial charge in [0.05, 0.1) is 6.04 Å². The van der Waals surface area contributed by atoms with E-state index in [0.717, 1.165) is 28.0 Å². The standard InChI is InChI=1S/C31H24N2O2/c34-30-31(29(33-35-30)25-19-11-4-12-20-25)26(22-13-5-1-6-14-22)21-27(23-15-7-2-8-16-23)32-28(31)24-17-9-3-10-18-24/h1-20,26,28H,21H2/t26-,28+,31+/m1/s1. The van der Waals surface area contributed by atoms with Crippen molar-refractivity contribution in [2.45, 2.75) is 18.4 Å². The molecule has 2 aliphatic rings. The van der Waals surface area contributed by atoms with E-state index in [9.17, 15) is 4.79 Å². The Morgan fingerprint density at radius 2 is 1.17 bits per heavy atom. The molecule has 1 spiro atoms. The summed E-state index contributed by atoms with van der Waals surface area (Å²) in [5.74, 6) is -0.564. The summed E-state index contributed by atoms with van der Waals surface area (Å²) in [5.41, 5.74) is 4.49. The minimum absolute atomic E-state index is 0.212. The highest BCUT2D eigenvalue weighted by molar-refractivity contribution is 6.20. The summed E-state index contributed by atoms with van der Waals surface area (Å²) in [6.45, 7) is 0. The molecule has 2 heterocycles. The maximum atomic E-state index is 13.9. The lowest BCUT2D eigenvalue weighted by Gasteiger charge is -2.43. The summed E-state index contributed by atoms with van der Waals surface area (Å²) in [5, 5.41) is 4.41. The smallest absolute Gasteiger partial charge is 0.317 e. The van der Waals surface area contributed by atoms with Crippen LogP contribution in [0.15, 0.2) is 131 Å². The molecule has 35 heavy (non-hydrogen) atoms. The highest BCUT2D eigenvalue weighted by Gasteiger charge is 2.63. The normalized spacial score (nSPS) is 23.5. The Balaban J connectivity index is 1.65. The van der Waals surface area contributed by atoms with E-state index in [1.807, 2.05) is 97.1 Å². The highest BCUT2D eigenvalue weighted by Crippen LogP contribution is 2.57. The first-order valence-corrected chi connectivity index (χ1v) is 11.9. The summed E-state index contributed by atoms with van der Waals surface area (Å²) in [7, 11) is 0. The van der Waals surface area contributed by atoms with Crippen LogP contribution in [0.3, 0.4) is 0 Å². The number of benzene rings is 4. The van der Waals surface area contributed by atoms with Gasteiger partial charge in [-0.1, -0.05) is 126 Å². The fourth-order valence-electron chi connectivity index (χ4n) is 5.49. The molecular weight excluding hydrogens is 432 g/mol. The third-order valence-electron chi connectivity index (χ3n) is 7.08. The monoisotopic (exact) mass is 456 g/mol. The van der Waals surface area contributed by atoms with Crippen molar-refractivity contribution in [3.05, 3.63) is 144 Å². The van der Waals surface area contributed by atoms with Crippen molar-refractivity contribution in [3.63, 3.8) is 0 Å². The van der Waals surface area contributed by atoms with Crippen LogP contribution < -0.4 is 0 Å². The van der Waals surface area contributed by atoms with Gasteiger partial charge < -0.3 is 4.84 Å². The summed E-state index contributed by atoms with van der Waals surface area (Å²) in [6.07, 6.45) is 0.596. The number of aliphatic imine (C=N–C) groups is 1. The quantitative estimate of drug-likeness (QED) is 0.336. The van der Waals surface area contributed by atoms with Crippen LogP contribution in [0.5, 0.6) is 0 Å². The number of carbonyl (C=O) groups is 1. The molecule has 0 fully saturated rings. The zero-order valence-electron chi connectivity index (χ0n) is 19.1. The Hall–Kier alpha value is -4.31. The third kappa shape index (κ3) is 3.50. The predicted octanol–water partition coefficient (Wildman–Crippen LogP) is 6.35. The van der Waals surface area contributed by atoms with E-state index in [2.05, 4.69) is 29.4 Å². The zero-order valence-corrected chi connectivity index (χ0v) is 19.1. The molecule has 0 aliphatic carbocycles. The van der Waals surface area contributed by atoms with Gasteiger partial charge in [0, 0.05) is 17.2 Å². The van der Waals surface area contributed by atoms with Crippen LogP contribution in [0.25, 0.3) is 0 Å². The van der Waals surface area contributed by atoms with Crippen molar-refractivity contribution in [1.82, 2.24) is 0 Å². The van der Waals surface area contributed by atoms with Gasteiger partial charge in [0.25, 0.3) is 0 Å². The van der Waals surface area contributed by atoms with Crippen LogP contribution in [0.4, 0.5) is 0 Å². The molecule has 0 amide bonds. The predicted molar refractivity (Wildman–Crippen MR) is 137 cm³/mol. The Labute approximate surface area is 204 Å². The van der Waals surface area contributed by atoms with Crippen molar-refractivity contribution in [1.29, 1.82) is 0 Å². The minimum atomic E-state index is -1.09. The van der Waals surface area contributed by atoms with Crippen molar-refractivity contribution < 1.29 is 9.63 Å². The van der Waals surface area contributed by atoms with Crippen molar-refractivity contribution in [2.75, 3.05) is 0 Å². The average Bonchev–Trinajstić information content (AvgIpc) is 3.27. The van der Waals surface area contributed by atoms with E-state index in [-0.39, 0.29) is 11.9 Å². The van der Waals surface area contributed by atoms with Crippen molar-refractivity contribution in [2.24, 2.45) is 15.6 Å². The zero-order chi connectivity index (χ0) is 23.7. The van der Waals surface area contributed by atoms with Crippen molar-refractivity contribution in [3.8, 4) is 0 Å². The van der Waals surface area contributed by atoms with Crippen LogP contribution in [-0.4, -0.2) is 17.4 Å². The molecule has 4 aromatic rings. The maximum absolute atomic E-state index is 13.9. The molecule has 0 unspecified atom stereocenters. The molecular formula is C31H24N2O2. The molecule has 4 nitrogen and oxygen atoms in total. The molecule has 0 N–H and O–H groups in total. The molecule has 0 saturated heterocycles. The molecule has 0 bridgehead atoms. The number of oxime groups is 1.